The summed E-state index contributed by atoms with van der Waals surface area (Å²) < 4.78 is 4.82. The Morgan fingerprint density at radius 2 is 1.03 bits per heavy atom. The summed E-state index contributed by atoms with van der Waals surface area (Å²) in [6.45, 7) is 6.27. The van der Waals surface area contributed by atoms with Gasteiger partial charge in [0.15, 0.2) is 0 Å². The van der Waals surface area contributed by atoms with E-state index in [-0.39, 0.29) is 17.8 Å². The van der Waals surface area contributed by atoms with Crippen molar-refractivity contribution in [3.8, 4) is 0 Å². The Hall–Kier alpha value is -1.06. The van der Waals surface area contributed by atoms with Crippen LogP contribution < -0.4 is 5.32 Å². The predicted octanol–water partition coefficient (Wildman–Crippen LogP) is 8.12. The number of hydrogen-bond acceptors (Lipinski definition) is 3. The van der Waals surface area contributed by atoms with Gasteiger partial charge in [-0.2, -0.15) is 0 Å². The van der Waals surface area contributed by atoms with Gasteiger partial charge in [0.05, 0.1) is 7.11 Å². The third-order valence-corrected chi connectivity index (χ3v) is 6.74. The SMILES string of the molecule is CCCCCCCCCCCCCCCCCCCCC(=O)NC(C(=O)OC)C(C)CC. The highest BCUT2D eigenvalue weighted by atomic mass is 16.5. The van der Waals surface area contributed by atoms with Crippen LogP contribution in [0.2, 0.25) is 0 Å². The summed E-state index contributed by atoms with van der Waals surface area (Å²) in [7, 11) is 1.38. The smallest absolute Gasteiger partial charge is 0.328 e. The monoisotopic (exact) mass is 453 g/mol. The van der Waals surface area contributed by atoms with E-state index in [9.17, 15) is 9.59 Å². The summed E-state index contributed by atoms with van der Waals surface area (Å²) in [5.41, 5.74) is 0. The Labute approximate surface area is 200 Å². The van der Waals surface area contributed by atoms with Gasteiger partial charge < -0.3 is 10.1 Å². The minimum Gasteiger partial charge on any atom is -0.467 e. The van der Waals surface area contributed by atoms with Gasteiger partial charge in [0, 0.05) is 6.42 Å². The van der Waals surface area contributed by atoms with Crippen molar-refractivity contribution >= 4 is 11.9 Å². The zero-order valence-corrected chi connectivity index (χ0v) is 22.0. The van der Waals surface area contributed by atoms with Crippen molar-refractivity contribution in [1.82, 2.24) is 5.32 Å². The molecule has 32 heavy (non-hydrogen) atoms. The first-order valence-corrected chi connectivity index (χ1v) is 13.9. The topological polar surface area (TPSA) is 55.4 Å². The molecular weight excluding hydrogens is 398 g/mol. The molecule has 0 aliphatic carbocycles. The average Bonchev–Trinajstić information content (AvgIpc) is 2.80. The number of unbranched alkanes of at least 4 members (excludes halogenated alkanes) is 17. The fourth-order valence-electron chi connectivity index (χ4n) is 4.23. The molecular formula is C28H55NO3. The van der Waals surface area contributed by atoms with Crippen molar-refractivity contribution in [3.63, 3.8) is 0 Å². The first kappa shape index (κ1) is 30.9. The van der Waals surface area contributed by atoms with E-state index in [1.54, 1.807) is 0 Å². The zero-order chi connectivity index (χ0) is 23.9. The lowest BCUT2D eigenvalue weighted by molar-refractivity contribution is -0.146. The molecule has 2 unspecified atom stereocenters. The van der Waals surface area contributed by atoms with Crippen LogP contribution in [0.15, 0.2) is 0 Å². The molecule has 1 N–H and O–H groups in total. The van der Waals surface area contributed by atoms with Crippen LogP contribution in [0.3, 0.4) is 0 Å². The van der Waals surface area contributed by atoms with Crippen molar-refractivity contribution < 1.29 is 14.3 Å². The van der Waals surface area contributed by atoms with E-state index in [1.807, 2.05) is 13.8 Å². The van der Waals surface area contributed by atoms with Crippen molar-refractivity contribution in [3.05, 3.63) is 0 Å². The van der Waals surface area contributed by atoms with E-state index in [0.29, 0.717) is 6.42 Å². The normalized spacial score (nSPS) is 13.0. The number of nitrogens with one attached hydrogen (secondary N) is 1. The molecule has 190 valence electrons. The molecule has 0 aromatic carbocycles. The molecule has 0 aliphatic rings. The molecule has 0 aromatic rings. The Balaban J connectivity index is 3.43. The van der Waals surface area contributed by atoms with Crippen LogP contribution in [-0.4, -0.2) is 25.0 Å². The summed E-state index contributed by atoms with van der Waals surface area (Å²) in [4.78, 5) is 24.0. The number of amides is 1. The van der Waals surface area contributed by atoms with Crippen molar-refractivity contribution in [2.45, 2.75) is 155 Å². The number of ether oxygens (including phenoxy) is 1. The summed E-state index contributed by atoms with van der Waals surface area (Å²) in [5.74, 6) is -0.283. The fraction of sp³-hybridized carbons (Fsp3) is 0.929. The second-order valence-corrected chi connectivity index (χ2v) is 9.71. The van der Waals surface area contributed by atoms with Crippen LogP contribution in [0.1, 0.15) is 149 Å². The van der Waals surface area contributed by atoms with Gasteiger partial charge in [-0.1, -0.05) is 136 Å². The minimum absolute atomic E-state index is 0.0304. The molecule has 0 aromatic heterocycles. The van der Waals surface area contributed by atoms with Crippen LogP contribution in [0.25, 0.3) is 0 Å². The molecule has 0 radical (unpaired) electrons. The highest BCUT2D eigenvalue weighted by Gasteiger charge is 2.26. The Kier molecular flexibility index (Phi) is 22.3. The second-order valence-electron chi connectivity index (χ2n) is 9.71. The first-order chi connectivity index (χ1) is 15.6. The molecule has 2 atom stereocenters. The summed E-state index contributed by atoms with van der Waals surface area (Å²) in [6, 6.07) is -0.520. The maximum atomic E-state index is 12.1. The molecule has 4 heteroatoms. The molecule has 0 aliphatic heterocycles. The maximum Gasteiger partial charge on any atom is 0.328 e. The van der Waals surface area contributed by atoms with Crippen LogP contribution in [0.4, 0.5) is 0 Å². The number of carbonyl (C=O) groups is 2. The van der Waals surface area contributed by atoms with Gasteiger partial charge in [-0.25, -0.2) is 4.79 Å². The average molecular weight is 454 g/mol. The molecule has 0 saturated carbocycles. The Bertz CT molecular complexity index is 438. The molecule has 0 spiro atoms. The third-order valence-electron chi connectivity index (χ3n) is 6.74. The van der Waals surface area contributed by atoms with Gasteiger partial charge in [0.2, 0.25) is 5.91 Å². The largest absolute Gasteiger partial charge is 0.467 e. The summed E-state index contributed by atoms with van der Waals surface area (Å²) in [6.07, 6.45) is 25.5. The van der Waals surface area contributed by atoms with Crippen LogP contribution in [0, 0.1) is 5.92 Å². The molecule has 0 fully saturated rings. The fourth-order valence-corrected chi connectivity index (χ4v) is 4.23. The molecule has 0 heterocycles. The maximum absolute atomic E-state index is 12.1. The van der Waals surface area contributed by atoms with Crippen LogP contribution in [0.5, 0.6) is 0 Å². The van der Waals surface area contributed by atoms with Gasteiger partial charge in [0.25, 0.3) is 0 Å². The number of methoxy groups -OCH3 is 1. The second kappa shape index (κ2) is 23.1. The summed E-state index contributed by atoms with van der Waals surface area (Å²) >= 11 is 0. The summed E-state index contributed by atoms with van der Waals surface area (Å²) in [5, 5.41) is 2.86. The van der Waals surface area contributed by atoms with E-state index < -0.39 is 6.04 Å². The quantitative estimate of drug-likeness (QED) is 0.125. The Morgan fingerprint density at radius 3 is 1.38 bits per heavy atom. The van der Waals surface area contributed by atoms with Crippen molar-refractivity contribution in [2.75, 3.05) is 7.11 Å². The Morgan fingerprint density at radius 1 is 0.656 bits per heavy atom. The standard InChI is InChI=1S/C28H55NO3/c1-5-7-8-9-10-11-12-13-14-15-16-17-18-19-20-21-22-23-24-26(30)29-27(25(3)6-2)28(31)32-4/h25,27H,5-24H2,1-4H3,(H,29,30). The highest BCUT2D eigenvalue weighted by Crippen LogP contribution is 2.15. The van der Waals surface area contributed by atoms with Crippen LogP contribution >= 0.6 is 0 Å². The zero-order valence-electron chi connectivity index (χ0n) is 22.0. The van der Waals surface area contributed by atoms with Gasteiger partial charge >= 0.3 is 5.97 Å². The van der Waals surface area contributed by atoms with Gasteiger partial charge in [-0.3, -0.25) is 4.79 Å². The van der Waals surface area contributed by atoms with E-state index in [2.05, 4.69) is 12.2 Å². The molecule has 0 rings (SSSR count). The lowest BCUT2D eigenvalue weighted by atomic mass is 9.99. The number of hydrogen-bond donors (Lipinski definition) is 1. The van der Waals surface area contributed by atoms with Gasteiger partial charge in [-0.05, 0) is 12.3 Å². The van der Waals surface area contributed by atoms with Gasteiger partial charge in [0.1, 0.15) is 6.04 Å². The van der Waals surface area contributed by atoms with E-state index in [0.717, 1.165) is 19.3 Å². The van der Waals surface area contributed by atoms with Crippen molar-refractivity contribution in [1.29, 1.82) is 0 Å². The molecule has 4 nitrogen and oxygen atoms in total. The number of esters is 1. The molecule has 1 amide bonds. The lowest BCUT2D eigenvalue weighted by Gasteiger charge is -2.21. The lowest BCUT2D eigenvalue weighted by Crippen LogP contribution is -2.45. The number of rotatable bonds is 23. The highest BCUT2D eigenvalue weighted by molar-refractivity contribution is 5.84. The van der Waals surface area contributed by atoms with Crippen molar-refractivity contribution in [2.24, 2.45) is 5.92 Å². The van der Waals surface area contributed by atoms with E-state index in [4.69, 9.17) is 4.74 Å². The van der Waals surface area contributed by atoms with E-state index >= 15 is 0 Å². The minimum atomic E-state index is -0.520. The third kappa shape index (κ3) is 18.5. The van der Waals surface area contributed by atoms with Crippen LogP contribution in [-0.2, 0) is 14.3 Å². The number of carbonyl (C=O) groups excluding carboxylic acids is 2. The van der Waals surface area contributed by atoms with E-state index in [1.165, 1.54) is 110 Å². The molecule has 0 bridgehead atoms. The predicted molar refractivity (Wildman–Crippen MR) is 137 cm³/mol. The molecule has 0 saturated heterocycles. The first-order valence-electron chi connectivity index (χ1n) is 13.9. The van der Waals surface area contributed by atoms with Gasteiger partial charge in [-0.15, -0.1) is 0 Å².